The molecule has 2 aromatic rings. The van der Waals surface area contributed by atoms with Crippen LogP contribution in [0.3, 0.4) is 0 Å². The van der Waals surface area contributed by atoms with Crippen LogP contribution in [0, 0.1) is 0 Å². The molecule has 1 fully saturated rings. The van der Waals surface area contributed by atoms with Gasteiger partial charge in [-0.05, 0) is 17.7 Å². The first-order valence-electron chi connectivity index (χ1n) is 8.83. The van der Waals surface area contributed by atoms with E-state index in [1.54, 1.807) is 47.6 Å². The van der Waals surface area contributed by atoms with Crippen molar-refractivity contribution >= 4 is 11.9 Å². The van der Waals surface area contributed by atoms with Gasteiger partial charge in [-0.2, -0.15) is 0 Å². The van der Waals surface area contributed by atoms with Crippen LogP contribution in [-0.4, -0.2) is 65.1 Å². The standard InChI is InChI=1S/C19H23N5O3/c1-23(14-17-13-20-6-7-21-17)19(26)22-12-15-2-4-16(5-3-15)18(25)24-8-10-27-11-9-24/h2-7,13H,8-12,14H2,1H3,(H,22,26). The van der Waals surface area contributed by atoms with Crippen molar-refractivity contribution in [1.82, 2.24) is 25.1 Å². The van der Waals surface area contributed by atoms with Crippen molar-refractivity contribution < 1.29 is 14.3 Å². The highest BCUT2D eigenvalue weighted by Crippen LogP contribution is 2.10. The number of morpholine rings is 1. The smallest absolute Gasteiger partial charge is 0.317 e. The lowest BCUT2D eigenvalue weighted by molar-refractivity contribution is 0.0303. The number of nitrogens with zero attached hydrogens (tertiary/aromatic N) is 4. The molecule has 0 atom stereocenters. The number of aromatic nitrogens is 2. The van der Waals surface area contributed by atoms with E-state index in [0.717, 1.165) is 11.3 Å². The minimum Gasteiger partial charge on any atom is -0.378 e. The highest BCUT2D eigenvalue weighted by molar-refractivity contribution is 5.94. The van der Waals surface area contributed by atoms with E-state index in [4.69, 9.17) is 4.74 Å². The predicted molar refractivity (Wildman–Crippen MR) is 98.9 cm³/mol. The molecule has 0 spiro atoms. The van der Waals surface area contributed by atoms with E-state index in [-0.39, 0.29) is 11.9 Å². The van der Waals surface area contributed by atoms with Crippen molar-refractivity contribution in [2.75, 3.05) is 33.4 Å². The summed E-state index contributed by atoms with van der Waals surface area (Å²) in [6, 6.07) is 7.10. The fourth-order valence-electron chi connectivity index (χ4n) is 2.75. The van der Waals surface area contributed by atoms with Gasteiger partial charge in [-0.1, -0.05) is 12.1 Å². The summed E-state index contributed by atoms with van der Waals surface area (Å²) in [6.07, 6.45) is 4.83. The molecule has 3 amide bonds. The van der Waals surface area contributed by atoms with Gasteiger partial charge in [-0.15, -0.1) is 0 Å². The van der Waals surface area contributed by atoms with Crippen molar-refractivity contribution in [1.29, 1.82) is 0 Å². The topological polar surface area (TPSA) is 87.7 Å². The average Bonchev–Trinajstić information content (AvgIpc) is 2.73. The molecule has 1 aliphatic rings. The van der Waals surface area contributed by atoms with Crippen molar-refractivity contribution in [2.45, 2.75) is 13.1 Å². The Morgan fingerprint density at radius 1 is 1.19 bits per heavy atom. The van der Waals surface area contributed by atoms with E-state index in [9.17, 15) is 9.59 Å². The summed E-state index contributed by atoms with van der Waals surface area (Å²) in [5, 5.41) is 2.86. The van der Waals surface area contributed by atoms with Crippen LogP contribution in [-0.2, 0) is 17.8 Å². The molecule has 1 saturated heterocycles. The van der Waals surface area contributed by atoms with Gasteiger partial charge in [0.25, 0.3) is 5.91 Å². The molecule has 0 unspecified atom stereocenters. The van der Waals surface area contributed by atoms with Crippen LogP contribution < -0.4 is 5.32 Å². The van der Waals surface area contributed by atoms with Crippen LogP contribution in [0.25, 0.3) is 0 Å². The maximum Gasteiger partial charge on any atom is 0.317 e. The highest BCUT2D eigenvalue weighted by Gasteiger charge is 2.18. The predicted octanol–water partition coefficient (Wildman–Crippen LogP) is 1.29. The zero-order valence-corrected chi connectivity index (χ0v) is 15.3. The molecule has 2 heterocycles. The number of carbonyl (C=O) groups is 2. The summed E-state index contributed by atoms with van der Waals surface area (Å²) in [4.78, 5) is 36.1. The van der Waals surface area contributed by atoms with Gasteiger partial charge < -0.3 is 19.9 Å². The van der Waals surface area contributed by atoms with Gasteiger partial charge in [0.15, 0.2) is 0 Å². The van der Waals surface area contributed by atoms with Gasteiger partial charge in [0.2, 0.25) is 0 Å². The number of nitrogens with one attached hydrogen (secondary N) is 1. The average molecular weight is 369 g/mol. The summed E-state index contributed by atoms with van der Waals surface area (Å²) in [5.41, 5.74) is 2.29. The zero-order valence-electron chi connectivity index (χ0n) is 15.3. The van der Waals surface area contributed by atoms with Crippen molar-refractivity contribution in [3.8, 4) is 0 Å². The van der Waals surface area contributed by atoms with E-state index in [1.165, 1.54) is 0 Å². The number of ether oxygens (including phenoxy) is 1. The van der Waals surface area contributed by atoms with Gasteiger partial charge in [-0.3, -0.25) is 14.8 Å². The first-order chi connectivity index (χ1) is 13.1. The normalized spacial score (nSPS) is 13.9. The largest absolute Gasteiger partial charge is 0.378 e. The highest BCUT2D eigenvalue weighted by atomic mass is 16.5. The second-order valence-corrected chi connectivity index (χ2v) is 6.31. The van der Waals surface area contributed by atoms with E-state index < -0.39 is 0 Å². The third-order valence-electron chi connectivity index (χ3n) is 4.31. The summed E-state index contributed by atoms with van der Waals surface area (Å²) in [7, 11) is 1.70. The Morgan fingerprint density at radius 3 is 2.59 bits per heavy atom. The van der Waals surface area contributed by atoms with Crippen LogP contribution in [0.1, 0.15) is 21.6 Å². The van der Waals surface area contributed by atoms with Crippen LogP contribution in [0.15, 0.2) is 42.9 Å². The molecular formula is C19H23N5O3. The van der Waals surface area contributed by atoms with Gasteiger partial charge in [0, 0.05) is 44.6 Å². The molecule has 0 bridgehead atoms. The Kier molecular flexibility index (Phi) is 6.32. The van der Waals surface area contributed by atoms with E-state index in [2.05, 4.69) is 15.3 Å². The van der Waals surface area contributed by atoms with Crippen LogP contribution >= 0.6 is 0 Å². The Labute approximate surface area is 158 Å². The maximum absolute atomic E-state index is 12.4. The van der Waals surface area contributed by atoms with Crippen LogP contribution in [0.2, 0.25) is 0 Å². The zero-order chi connectivity index (χ0) is 19.1. The number of benzene rings is 1. The summed E-state index contributed by atoms with van der Waals surface area (Å²) >= 11 is 0. The van der Waals surface area contributed by atoms with Crippen LogP contribution in [0.5, 0.6) is 0 Å². The van der Waals surface area contributed by atoms with Crippen LogP contribution in [0.4, 0.5) is 4.79 Å². The third kappa shape index (κ3) is 5.24. The fourth-order valence-corrected chi connectivity index (χ4v) is 2.75. The van der Waals surface area contributed by atoms with E-state index in [1.807, 2.05) is 12.1 Å². The monoisotopic (exact) mass is 369 g/mol. The lowest BCUT2D eigenvalue weighted by Crippen LogP contribution is -2.40. The third-order valence-corrected chi connectivity index (χ3v) is 4.31. The number of amides is 3. The number of rotatable bonds is 5. The molecule has 142 valence electrons. The molecule has 1 aliphatic heterocycles. The minimum atomic E-state index is -0.200. The lowest BCUT2D eigenvalue weighted by atomic mass is 10.1. The Hall–Kier alpha value is -3.00. The summed E-state index contributed by atoms with van der Waals surface area (Å²) < 4.78 is 5.27. The quantitative estimate of drug-likeness (QED) is 0.858. The number of hydrogen-bond acceptors (Lipinski definition) is 5. The van der Waals surface area contributed by atoms with E-state index in [0.29, 0.717) is 45.0 Å². The first-order valence-corrected chi connectivity index (χ1v) is 8.83. The minimum absolute atomic E-state index is 0.0117. The molecule has 1 N–H and O–H groups in total. The van der Waals surface area contributed by atoms with Crippen molar-refractivity contribution in [3.63, 3.8) is 0 Å². The van der Waals surface area contributed by atoms with E-state index >= 15 is 0 Å². The lowest BCUT2D eigenvalue weighted by Gasteiger charge is -2.26. The summed E-state index contributed by atoms with van der Waals surface area (Å²) in [6.45, 7) is 3.17. The van der Waals surface area contributed by atoms with Gasteiger partial charge in [-0.25, -0.2) is 4.79 Å². The van der Waals surface area contributed by atoms with Gasteiger partial charge in [0.1, 0.15) is 0 Å². The fraction of sp³-hybridized carbons (Fsp3) is 0.368. The molecule has 0 saturated carbocycles. The Bertz CT molecular complexity index is 761. The molecule has 27 heavy (non-hydrogen) atoms. The summed E-state index contributed by atoms with van der Waals surface area (Å²) in [5.74, 6) is 0.0117. The number of carbonyl (C=O) groups excluding carboxylic acids is 2. The van der Waals surface area contributed by atoms with Crippen molar-refractivity contribution in [3.05, 3.63) is 59.7 Å². The first kappa shape index (κ1) is 18.8. The Morgan fingerprint density at radius 2 is 1.93 bits per heavy atom. The molecule has 0 aliphatic carbocycles. The second kappa shape index (κ2) is 9.09. The molecule has 3 rings (SSSR count). The molecule has 1 aromatic carbocycles. The van der Waals surface area contributed by atoms with Crippen molar-refractivity contribution in [2.24, 2.45) is 0 Å². The number of urea groups is 1. The van der Waals surface area contributed by atoms with Gasteiger partial charge >= 0.3 is 6.03 Å². The molecule has 1 aromatic heterocycles. The molecular weight excluding hydrogens is 346 g/mol. The molecule has 8 heteroatoms. The molecule has 8 nitrogen and oxygen atoms in total. The second-order valence-electron chi connectivity index (χ2n) is 6.31. The SMILES string of the molecule is CN(Cc1cnccn1)C(=O)NCc1ccc(C(=O)N2CCOCC2)cc1. The number of hydrogen-bond donors (Lipinski definition) is 1. The molecule has 0 radical (unpaired) electrons. The van der Waals surface area contributed by atoms with Gasteiger partial charge in [0.05, 0.1) is 31.6 Å². The Balaban J connectivity index is 1.49. The maximum atomic E-state index is 12.4.